The van der Waals surface area contributed by atoms with E-state index < -0.39 is 41.1 Å². The van der Waals surface area contributed by atoms with Gasteiger partial charge in [0.05, 0.1) is 5.56 Å². The maximum absolute atomic E-state index is 13.3. The fourth-order valence-corrected chi connectivity index (χ4v) is 2.59. The zero-order chi connectivity index (χ0) is 20.5. The van der Waals surface area contributed by atoms with Crippen molar-refractivity contribution in [3.8, 4) is 5.75 Å². The molecule has 0 bridgehead atoms. The third-order valence-electron chi connectivity index (χ3n) is 4.21. The van der Waals surface area contributed by atoms with E-state index in [2.05, 4.69) is 4.74 Å². The van der Waals surface area contributed by atoms with Gasteiger partial charge < -0.3 is 19.4 Å². The van der Waals surface area contributed by atoms with Crippen LogP contribution in [-0.2, 0) is 14.3 Å². The minimum Gasteiger partial charge on any atom is -0.544 e. The summed E-state index contributed by atoms with van der Waals surface area (Å²) in [6.45, 7) is 1.79. The van der Waals surface area contributed by atoms with Gasteiger partial charge >= 0.3 is 23.8 Å². The van der Waals surface area contributed by atoms with Gasteiger partial charge in [-0.05, 0) is 56.9 Å². The van der Waals surface area contributed by atoms with Crippen molar-refractivity contribution in [1.82, 2.24) is 0 Å². The van der Waals surface area contributed by atoms with Gasteiger partial charge in [-0.15, -0.1) is 0 Å². The molecule has 1 aliphatic rings. The second kappa shape index (κ2) is 7.16. The molecule has 0 unspecified atom stereocenters. The molecule has 2 rings (SSSR count). The first-order chi connectivity index (χ1) is 12.4. The molecule has 0 radical (unpaired) electrons. The number of benzene rings is 1. The number of hydrogen-bond donors (Lipinski definition) is 0. The van der Waals surface area contributed by atoms with E-state index >= 15 is 0 Å². The van der Waals surface area contributed by atoms with Crippen molar-refractivity contribution in [2.45, 2.75) is 50.1 Å². The Hall–Kier alpha value is -2.65. The first kappa shape index (κ1) is 20.7. The number of halogens is 4. The van der Waals surface area contributed by atoms with Crippen LogP contribution in [0.1, 0.15) is 43.0 Å². The smallest absolute Gasteiger partial charge is 0.410 e. The largest absolute Gasteiger partial charge is 0.544 e. The number of hydrogen-bond acceptors (Lipinski definition) is 6. The highest BCUT2D eigenvalue weighted by molar-refractivity contribution is 5.91. The lowest BCUT2D eigenvalue weighted by atomic mass is 10.1. The SMILES string of the molecule is CC1(OC(=O)c2ccc(OC(=O)C(F)(F)C(F)(F)C(=O)[O-])cc2)CCCC1. The molecular weight excluding hydrogens is 376 g/mol. The van der Waals surface area contributed by atoms with Crippen molar-refractivity contribution in [1.29, 1.82) is 0 Å². The van der Waals surface area contributed by atoms with E-state index in [0.717, 1.165) is 37.1 Å². The number of carboxylic acids is 1. The Kier molecular flexibility index (Phi) is 5.48. The number of aliphatic carboxylic acids is 1. The summed E-state index contributed by atoms with van der Waals surface area (Å²) in [5.74, 6) is -18.8. The molecule has 0 aliphatic heterocycles. The Morgan fingerprint density at radius 1 is 1.00 bits per heavy atom. The van der Waals surface area contributed by atoms with Gasteiger partial charge in [0.25, 0.3) is 0 Å². The Bertz CT molecular complexity index is 738. The average molecular weight is 391 g/mol. The van der Waals surface area contributed by atoms with Gasteiger partial charge in [0.1, 0.15) is 17.3 Å². The van der Waals surface area contributed by atoms with Crippen LogP contribution in [0.25, 0.3) is 0 Å². The molecule has 0 atom stereocenters. The zero-order valence-electron chi connectivity index (χ0n) is 14.1. The molecule has 0 aromatic heterocycles. The summed E-state index contributed by atoms with van der Waals surface area (Å²) < 4.78 is 61.9. The van der Waals surface area contributed by atoms with Gasteiger partial charge in [-0.3, -0.25) is 0 Å². The Morgan fingerprint density at radius 2 is 1.52 bits per heavy atom. The molecular formula is C17H15F4O6-. The van der Waals surface area contributed by atoms with E-state index in [1.807, 2.05) is 0 Å². The van der Waals surface area contributed by atoms with E-state index in [0.29, 0.717) is 12.8 Å². The quantitative estimate of drug-likeness (QED) is 0.419. The summed E-state index contributed by atoms with van der Waals surface area (Å²) in [7, 11) is 0. The van der Waals surface area contributed by atoms with E-state index in [4.69, 9.17) is 4.74 Å². The molecule has 1 saturated carbocycles. The number of carboxylic acid groups (broad SMARTS) is 1. The average Bonchev–Trinajstić information content (AvgIpc) is 3.01. The van der Waals surface area contributed by atoms with Crippen LogP contribution >= 0.6 is 0 Å². The van der Waals surface area contributed by atoms with Gasteiger partial charge in [-0.25, -0.2) is 9.59 Å². The number of esters is 2. The summed E-state index contributed by atoms with van der Waals surface area (Å²) in [6, 6.07) is 4.02. The fourth-order valence-electron chi connectivity index (χ4n) is 2.59. The highest BCUT2D eigenvalue weighted by atomic mass is 19.3. The van der Waals surface area contributed by atoms with Crippen molar-refractivity contribution in [3.63, 3.8) is 0 Å². The Labute approximate surface area is 151 Å². The third-order valence-corrected chi connectivity index (χ3v) is 4.21. The molecule has 0 heterocycles. The number of carbonyl (C=O) groups excluding carboxylic acids is 3. The lowest BCUT2D eigenvalue weighted by Crippen LogP contribution is -2.58. The van der Waals surface area contributed by atoms with Crippen molar-refractivity contribution in [2.75, 3.05) is 0 Å². The maximum atomic E-state index is 13.3. The van der Waals surface area contributed by atoms with Crippen LogP contribution in [0.3, 0.4) is 0 Å². The molecule has 27 heavy (non-hydrogen) atoms. The fraction of sp³-hybridized carbons (Fsp3) is 0.471. The van der Waals surface area contributed by atoms with Gasteiger partial charge in [0, 0.05) is 0 Å². The first-order valence-corrected chi connectivity index (χ1v) is 7.92. The van der Waals surface area contributed by atoms with Crippen LogP contribution in [0.4, 0.5) is 17.6 Å². The molecule has 1 aliphatic carbocycles. The molecule has 148 valence electrons. The molecule has 0 saturated heterocycles. The van der Waals surface area contributed by atoms with E-state index in [9.17, 15) is 37.1 Å². The summed E-state index contributed by atoms with van der Waals surface area (Å²) in [4.78, 5) is 33.4. The van der Waals surface area contributed by atoms with Gasteiger partial charge in [0.2, 0.25) is 0 Å². The van der Waals surface area contributed by atoms with Crippen LogP contribution < -0.4 is 9.84 Å². The zero-order valence-corrected chi connectivity index (χ0v) is 14.1. The molecule has 0 N–H and O–H groups in total. The molecule has 1 fully saturated rings. The molecule has 1 aromatic rings. The van der Waals surface area contributed by atoms with E-state index in [1.54, 1.807) is 6.92 Å². The lowest BCUT2D eigenvalue weighted by Gasteiger charge is -2.25. The van der Waals surface area contributed by atoms with Crippen molar-refractivity contribution < 1.29 is 46.5 Å². The Morgan fingerprint density at radius 3 is 2.00 bits per heavy atom. The van der Waals surface area contributed by atoms with Crippen molar-refractivity contribution >= 4 is 17.9 Å². The standard InChI is InChI=1S/C17H16F4O6/c1-15(8-2-3-9-15)27-12(22)10-4-6-11(7-5-10)26-14(25)17(20,21)16(18,19)13(23)24/h4-7H,2-3,8-9H2,1H3,(H,23,24)/p-1. The predicted octanol–water partition coefficient (Wildman–Crippen LogP) is 2.10. The summed E-state index contributed by atoms with van der Waals surface area (Å²) in [5.41, 5.74) is -0.560. The van der Waals surface area contributed by atoms with Gasteiger partial charge in [-0.1, -0.05) is 0 Å². The normalized spacial score (nSPS) is 16.6. The van der Waals surface area contributed by atoms with Crippen molar-refractivity contribution in [3.05, 3.63) is 29.8 Å². The molecule has 0 spiro atoms. The number of alkyl halides is 4. The van der Waals surface area contributed by atoms with Gasteiger partial charge in [-0.2, -0.15) is 17.6 Å². The number of carbonyl (C=O) groups is 3. The molecule has 6 nitrogen and oxygen atoms in total. The first-order valence-electron chi connectivity index (χ1n) is 7.92. The minimum absolute atomic E-state index is 0.0368. The second-order valence-electron chi connectivity index (χ2n) is 6.40. The summed E-state index contributed by atoms with van der Waals surface area (Å²) in [6.07, 6.45) is 3.25. The van der Waals surface area contributed by atoms with Gasteiger partial charge in [0.15, 0.2) is 0 Å². The van der Waals surface area contributed by atoms with Crippen LogP contribution in [0.15, 0.2) is 24.3 Å². The van der Waals surface area contributed by atoms with E-state index in [-0.39, 0.29) is 5.56 Å². The van der Waals surface area contributed by atoms with Crippen LogP contribution in [0, 0.1) is 0 Å². The van der Waals surface area contributed by atoms with Crippen LogP contribution in [0.5, 0.6) is 5.75 Å². The van der Waals surface area contributed by atoms with E-state index in [1.165, 1.54) is 0 Å². The summed E-state index contributed by atoms with van der Waals surface area (Å²) in [5, 5.41) is 10.1. The molecule has 10 heteroatoms. The third kappa shape index (κ3) is 4.20. The highest BCUT2D eigenvalue weighted by Crippen LogP contribution is 2.36. The lowest BCUT2D eigenvalue weighted by molar-refractivity contribution is -0.346. The molecule has 1 aromatic carbocycles. The summed E-state index contributed by atoms with van der Waals surface area (Å²) >= 11 is 0. The highest BCUT2D eigenvalue weighted by Gasteiger charge is 2.64. The predicted molar refractivity (Wildman–Crippen MR) is 79.3 cm³/mol. The molecule has 0 amide bonds. The number of rotatable bonds is 6. The number of ether oxygens (including phenoxy) is 2. The second-order valence-corrected chi connectivity index (χ2v) is 6.40. The maximum Gasteiger partial charge on any atom is 0.410 e. The monoisotopic (exact) mass is 391 g/mol. The van der Waals surface area contributed by atoms with Crippen molar-refractivity contribution in [2.24, 2.45) is 0 Å². The van der Waals surface area contributed by atoms with Crippen LogP contribution in [-0.4, -0.2) is 35.4 Å². The Balaban J connectivity index is 2.06. The topological polar surface area (TPSA) is 92.7 Å². The minimum atomic E-state index is -5.75. The van der Waals surface area contributed by atoms with Crippen LogP contribution in [0.2, 0.25) is 0 Å².